The van der Waals surface area contributed by atoms with Crippen molar-refractivity contribution >= 4 is 12.0 Å². The number of aromatic hydroxyl groups is 1. The van der Waals surface area contributed by atoms with Crippen LogP contribution in [-0.4, -0.2) is 68.8 Å². The molecule has 0 aliphatic carbocycles. The molecule has 5 N–H and O–H groups in total. The van der Waals surface area contributed by atoms with Crippen molar-refractivity contribution in [2.45, 2.75) is 37.3 Å². The van der Waals surface area contributed by atoms with E-state index in [4.69, 9.17) is 14.2 Å². The number of rotatable bonds is 7. The summed E-state index contributed by atoms with van der Waals surface area (Å²) in [7, 11) is 0. The van der Waals surface area contributed by atoms with Crippen molar-refractivity contribution in [1.82, 2.24) is 0 Å². The molecule has 2 aromatic carbocycles. The smallest absolute Gasteiger partial charge is 0.331 e. The van der Waals surface area contributed by atoms with Gasteiger partial charge in [0.25, 0.3) is 0 Å². The summed E-state index contributed by atoms with van der Waals surface area (Å²) in [4.78, 5) is 12.3. The number of phenols is 1. The number of ether oxygens (including phenoxy) is 3. The Hall–Kier alpha value is -2.95. The van der Waals surface area contributed by atoms with Crippen LogP contribution in [0, 0.1) is 0 Å². The maximum absolute atomic E-state index is 12.3. The lowest BCUT2D eigenvalue weighted by Gasteiger charge is -2.41. The minimum absolute atomic E-state index is 0.0813. The van der Waals surface area contributed by atoms with Crippen molar-refractivity contribution in [3.05, 3.63) is 65.7 Å². The van der Waals surface area contributed by atoms with Crippen LogP contribution in [0.5, 0.6) is 11.5 Å². The first-order chi connectivity index (χ1) is 14.9. The summed E-state index contributed by atoms with van der Waals surface area (Å²) in [6, 6.07) is 12.6. The van der Waals surface area contributed by atoms with Gasteiger partial charge in [-0.3, -0.25) is 0 Å². The van der Waals surface area contributed by atoms with Gasteiger partial charge in [0.2, 0.25) is 6.29 Å². The molecule has 0 unspecified atom stereocenters. The molecule has 9 heteroatoms. The van der Waals surface area contributed by atoms with Crippen molar-refractivity contribution in [2.24, 2.45) is 0 Å². The molecule has 0 bridgehead atoms. The highest BCUT2D eigenvalue weighted by atomic mass is 16.7. The van der Waals surface area contributed by atoms with Crippen LogP contribution in [0.2, 0.25) is 0 Å². The monoisotopic (exact) mass is 432 g/mol. The van der Waals surface area contributed by atoms with Crippen LogP contribution in [0.15, 0.2) is 54.6 Å². The molecule has 9 nitrogen and oxygen atoms in total. The number of benzene rings is 2. The van der Waals surface area contributed by atoms with Gasteiger partial charge in [-0.25, -0.2) is 4.79 Å². The molecule has 1 aliphatic rings. The van der Waals surface area contributed by atoms with Crippen LogP contribution in [0.25, 0.3) is 6.08 Å². The highest BCUT2D eigenvalue weighted by Gasteiger charge is 2.47. The third-order valence-electron chi connectivity index (χ3n) is 4.77. The maximum Gasteiger partial charge on any atom is 0.331 e. The number of aliphatic hydroxyl groups is 4. The van der Waals surface area contributed by atoms with Gasteiger partial charge in [0.1, 0.15) is 29.8 Å². The second-order valence-corrected chi connectivity index (χ2v) is 6.92. The lowest BCUT2D eigenvalue weighted by Crippen LogP contribution is -2.61. The summed E-state index contributed by atoms with van der Waals surface area (Å²) in [6.07, 6.45) is -4.48. The lowest BCUT2D eigenvalue weighted by atomic mass is 9.99. The average Bonchev–Trinajstić information content (AvgIpc) is 2.78. The van der Waals surface area contributed by atoms with E-state index in [0.29, 0.717) is 11.1 Å². The van der Waals surface area contributed by atoms with Gasteiger partial charge in [0, 0.05) is 11.6 Å². The number of para-hydroxylation sites is 1. The molecule has 0 spiro atoms. The van der Waals surface area contributed by atoms with Crippen LogP contribution in [0.1, 0.15) is 11.1 Å². The average molecular weight is 432 g/mol. The number of hydrogen-bond acceptors (Lipinski definition) is 9. The molecule has 0 radical (unpaired) electrons. The fourth-order valence-electron chi connectivity index (χ4n) is 3.07. The minimum Gasteiger partial charge on any atom is -0.508 e. The summed E-state index contributed by atoms with van der Waals surface area (Å²) < 4.78 is 16.5. The quantitative estimate of drug-likeness (QED) is 0.308. The number of aliphatic hydroxyl groups excluding tert-OH is 4. The second kappa shape index (κ2) is 10.4. The van der Waals surface area contributed by atoms with Crippen LogP contribution in [0.3, 0.4) is 0 Å². The van der Waals surface area contributed by atoms with E-state index in [1.807, 2.05) is 0 Å². The molecule has 5 atom stereocenters. The third-order valence-corrected chi connectivity index (χ3v) is 4.77. The Balaban J connectivity index is 1.77. The first kappa shape index (κ1) is 22.7. The van der Waals surface area contributed by atoms with Gasteiger partial charge in [0.05, 0.1) is 13.2 Å². The molecule has 1 fully saturated rings. The topological polar surface area (TPSA) is 146 Å². The number of carbonyl (C=O) groups excluding carboxylic acids is 1. The first-order valence-electron chi connectivity index (χ1n) is 9.58. The summed E-state index contributed by atoms with van der Waals surface area (Å²) in [5.74, 6) is -0.520. The van der Waals surface area contributed by atoms with Crippen molar-refractivity contribution in [1.29, 1.82) is 0 Å². The van der Waals surface area contributed by atoms with E-state index in [-0.39, 0.29) is 18.1 Å². The molecule has 31 heavy (non-hydrogen) atoms. The highest BCUT2D eigenvalue weighted by molar-refractivity contribution is 5.87. The minimum atomic E-state index is -1.59. The molecular weight excluding hydrogens is 408 g/mol. The predicted molar refractivity (Wildman–Crippen MR) is 108 cm³/mol. The Morgan fingerprint density at radius 2 is 1.74 bits per heavy atom. The van der Waals surface area contributed by atoms with Gasteiger partial charge in [-0.1, -0.05) is 30.3 Å². The van der Waals surface area contributed by atoms with Crippen molar-refractivity contribution in [2.75, 3.05) is 6.61 Å². The van der Waals surface area contributed by atoms with Gasteiger partial charge < -0.3 is 39.7 Å². The molecular formula is C22H24O9. The van der Waals surface area contributed by atoms with Crippen LogP contribution >= 0.6 is 0 Å². The normalized spacial score (nSPS) is 26.0. The summed E-state index contributed by atoms with van der Waals surface area (Å²) in [5.41, 5.74) is 1.06. The maximum atomic E-state index is 12.3. The Morgan fingerprint density at radius 3 is 2.42 bits per heavy atom. The van der Waals surface area contributed by atoms with E-state index >= 15 is 0 Å². The van der Waals surface area contributed by atoms with E-state index < -0.39 is 43.3 Å². The highest BCUT2D eigenvalue weighted by Crippen LogP contribution is 2.28. The lowest BCUT2D eigenvalue weighted by molar-refractivity contribution is -0.281. The molecule has 0 saturated carbocycles. The second-order valence-electron chi connectivity index (χ2n) is 6.92. The Bertz CT molecular complexity index is 896. The van der Waals surface area contributed by atoms with E-state index in [9.17, 15) is 30.3 Å². The summed E-state index contributed by atoms with van der Waals surface area (Å²) in [5, 5.41) is 48.9. The predicted octanol–water partition coefficient (Wildman–Crippen LogP) is 0.327. The number of esters is 1. The zero-order chi connectivity index (χ0) is 22.4. The molecule has 3 rings (SSSR count). The number of phenolic OH excluding ortho intramolecular Hbond substituents is 1. The molecule has 1 aliphatic heterocycles. The molecule has 166 valence electrons. The van der Waals surface area contributed by atoms with E-state index in [2.05, 4.69) is 0 Å². The molecule has 0 aromatic heterocycles. The standard InChI is InChI=1S/C22H24O9/c23-11-14-3-1-2-4-16(14)29-22-21(20(28)19(27)17(12-24)30-22)31-18(26)10-7-13-5-8-15(25)9-6-13/h1-10,17,19-25,27-28H,11-12H2/b10-7-/t17-,19-,20+,21-,22-/m1/s1. The van der Waals surface area contributed by atoms with Crippen LogP contribution in [0.4, 0.5) is 0 Å². The Labute approximate surface area is 178 Å². The van der Waals surface area contributed by atoms with Gasteiger partial charge >= 0.3 is 5.97 Å². The summed E-state index contributed by atoms with van der Waals surface area (Å²) >= 11 is 0. The number of carbonyl (C=O) groups is 1. The largest absolute Gasteiger partial charge is 0.508 e. The number of hydrogen-bond donors (Lipinski definition) is 5. The first-order valence-corrected chi connectivity index (χ1v) is 9.58. The Morgan fingerprint density at radius 1 is 1.03 bits per heavy atom. The SMILES string of the molecule is O=C(/C=C\c1ccc(O)cc1)O[C@H]1[C@H](Oc2ccccc2CO)O[C@H](CO)[C@@H](O)[C@@H]1O. The molecule has 2 aromatic rings. The van der Waals surface area contributed by atoms with Crippen molar-refractivity contribution in [3.8, 4) is 11.5 Å². The Kier molecular flexibility index (Phi) is 7.61. The zero-order valence-corrected chi connectivity index (χ0v) is 16.4. The zero-order valence-electron chi connectivity index (χ0n) is 16.4. The van der Waals surface area contributed by atoms with E-state index in [1.165, 1.54) is 18.2 Å². The fraction of sp³-hybridized carbons (Fsp3) is 0.318. The van der Waals surface area contributed by atoms with E-state index in [0.717, 1.165) is 6.08 Å². The van der Waals surface area contributed by atoms with Gasteiger partial charge in [-0.2, -0.15) is 0 Å². The van der Waals surface area contributed by atoms with Gasteiger partial charge in [-0.15, -0.1) is 0 Å². The van der Waals surface area contributed by atoms with Crippen LogP contribution in [-0.2, 0) is 20.9 Å². The molecule has 1 heterocycles. The molecule has 0 amide bonds. The third kappa shape index (κ3) is 5.60. The van der Waals surface area contributed by atoms with Gasteiger partial charge in [-0.05, 0) is 29.8 Å². The molecule has 1 saturated heterocycles. The van der Waals surface area contributed by atoms with Crippen LogP contribution < -0.4 is 4.74 Å². The fourth-order valence-corrected chi connectivity index (χ4v) is 3.07. The van der Waals surface area contributed by atoms with Gasteiger partial charge in [0.15, 0.2) is 6.10 Å². The van der Waals surface area contributed by atoms with Crippen molar-refractivity contribution < 1.29 is 44.5 Å². The van der Waals surface area contributed by atoms with E-state index in [1.54, 1.807) is 36.4 Å². The van der Waals surface area contributed by atoms with Crippen molar-refractivity contribution in [3.63, 3.8) is 0 Å². The summed E-state index contributed by atoms with van der Waals surface area (Å²) in [6.45, 7) is -0.918.